The van der Waals surface area contributed by atoms with Gasteiger partial charge in [-0.2, -0.15) is 0 Å². The zero-order valence-corrected chi connectivity index (χ0v) is 10.0. The number of carboxylic acids is 1. The van der Waals surface area contributed by atoms with Gasteiger partial charge in [0.2, 0.25) is 5.89 Å². The van der Waals surface area contributed by atoms with Crippen molar-refractivity contribution in [3.63, 3.8) is 0 Å². The standard InChI is InChI=1S/C12H12N2O4/c1-7-3-4-9(17-2)8(5-7)12-14-13-10(18-12)6-11(15)16/h3-5H,6H2,1-2H3,(H,15,16). The molecule has 0 radical (unpaired) electrons. The Morgan fingerprint density at radius 3 is 2.89 bits per heavy atom. The maximum absolute atomic E-state index is 10.5. The van der Waals surface area contributed by atoms with E-state index >= 15 is 0 Å². The van der Waals surface area contributed by atoms with Crippen LogP contribution in [-0.4, -0.2) is 28.4 Å². The zero-order valence-electron chi connectivity index (χ0n) is 10.0. The Hall–Kier alpha value is -2.37. The van der Waals surface area contributed by atoms with E-state index in [2.05, 4.69) is 10.2 Å². The highest BCUT2D eigenvalue weighted by atomic mass is 16.5. The number of carbonyl (C=O) groups is 1. The molecule has 0 saturated carbocycles. The highest BCUT2D eigenvalue weighted by Crippen LogP contribution is 2.29. The largest absolute Gasteiger partial charge is 0.496 e. The van der Waals surface area contributed by atoms with Gasteiger partial charge in [0.05, 0.1) is 12.7 Å². The molecule has 1 heterocycles. The summed E-state index contributed by atoms with van der Waals surface area (Å²) in [6.45, 7) is 1.93. The van der Waals surface area contributed by atoms with E-state index < -0.39 is 5.97 Å². The van der Waals surface area contributed by atoms with Crippen LogP contribution >= 0.6 is 0 Å². The molecule has 2 aromatic rings. The average Bonchev–Trinajstić information content (AvgIpc) is 2.76. The number of methoxy groups -OCH3 is 1. The van der Waals surface area contributed by atoms with E-state index in [1.807, 2.05) is 19.1 Å². The molecule has 94 valence electrons. The molecule has 1 N–H and O–H groups in total. The summed E-state index contributed by atoms with van der Waals surface area (Å²) in [7, 11) is 1.54. The normalized spacial score (nSPS) is 10.3. The summed E-state index contributed by atoms with van der Waals surface area (Å²) in [6, 6.07) is 5.54. The average molecular weight is 248 g/mol. The first-order valence-corrected chi connectivity index (χ1v) is 5.29. The smallest absolute Gasteiger partial charge is 0.312 e. The molecule has 6 heteroatoms. The Kier molecular flexibility index (Phi) is 3.27. The van der Waals surface area contributed by atoms with Gasteiger partial charge < -0.3 is 14.3 Å². The SMILES string of the molecule is COc1ccc(C)cc1-c1nnc(CC(=O)O)o1. The van der Waals surface area contributed by atoms with E-state index in [0.717, 1.165) is 5.56 Å². The first-order valence-electron chi connectivity index (χ1n) is 5.29. The lowest BCUT2D eigenvalue weighted by atomic mass is 10.1. The molecule has 0 bridgehead atoms. The number of nitrogens with zero attached hydrogens (tertiary/aromatic N) is 2. The van der Waals surface area contributed by atoms with E-state index in [4.69, 9.17) is 14.3 Å². The van der Waals surface area contributed by atoms with Crippen LogP contribution in [0, 0.1) is 6.92 Å². The lowest BCUT2D eigenvalue weighted by Gasteiger charge is -2.05. The van der Waals surface area contributed by atoms with Gasteiger partial charge in [-0.3, -0.25) is 4.79 Å². The molecule has 1 aromatic heterocycles. The first-order chi connectivity index (χ1) is 8.60. The van der Waals surface area contributed by atoms with Gasteiger partial charge in [-0.05, 0) is 19.1 Å². The predicted molar refractivity (Wildman–Crippen MR) is 62.4 cm³/mol. The minimum atomic E-state index is -1.01. The van der Waals surface area contributed by atoms with E-state index in [9.17, 15) is 4.79 Å². The number of rotatable bonds is 4. The number of aromatic nitrogens is 2. The Bertz CT molecular complexity index is 577. The monoisotopic (exact) mass is 248 g/mol. The molecule has 0 aliphatic carbocycles. The number of aryl methyl sites for hydroxylation is 1. The van der Waals surface area contributed by atoms with Gasteiger partial charge in [0.15, 0.2) is 0 Å². The highest BCUT2D eigenvalue weighted by molar-refractivity contribution is 5.69. The second-order valence-corrected chi connectivity index (χ2v) is 3.78. The van der Waals surface area contributed by atoms with Crippen molar-refractivity contribution in [2.24, 2.45) is 0 Å². The van der Waals surface area contributed by atoms with Gasteiger partial charge in [0.25, 0.3) is 5.89 Å². The molecule has 0 aliphatic rings. The molecule has 0 aliphatic heterocycles. The minimum Gasteiger partial charge on any atom is -0.496 e. The third-order valence-corrected chi connectivity index (χ3v) is 2.35. The topological polar surface area (TPSA) is 85.5 Å². The van der Waals surface area contributed by atoms with E-state index in [1.165, 1.54) is 0 Å². The molecular weight excluding hydrogens is 236 g/mol. The lowest BCUT2D eigenvalue weighted by Crippen LogP contribution is -1.99. The van der Waals surface area contributed by atoms with E-state index in [1.54, 1.807) is 13.2 Å². The summed E-state index contributed by atoms with van der Waals surface area (Å²) in [5, 5.41) is 16.2. The van der Waals surface area contributed by atoms with Crippen molar-refractivity contribution >= 4 is 5.97 Å². The van der Waals surface area contributed by atoms with Crippen LogP contribution in [0.15, 0.2) is 22.6 Å². The molecule has 0 saturated heterocycles. The van der Waals surface area contributed by atoms with Crippen LogP contribution < -0.4 is 4.74 Å². The maximum Gasteiger partial charge on any atom is 0.312 e. The number of hydrogen-bond donors (Lipinski definition) is 1. The fourth-order valence-electron chi connectivity index (χ4n) is 1.55. The van der Waals surface area contributed by atoms with E-state index in [-0.39, 0.29) is 18.2 Å². The second-order valence-electron chi connectivity index (χ2n) is 3.78. The fourth-order valence-corrected chi connectivity index (χ4v) is 1.55. The summed E-state index contributed by atoms with van der Waals surface area (Å²) in [5.41, 5.74) is 1.67. The Labute approximate surface area is 103 Å². The van der Waals surface area contributed by atoms with Crippen LogP contribution in [0.4, 0.5) is 0 Å². The lowest BCUT2D eigenvalue weighted by molar-refractivity contribution is -0.136. The van der Waals surface area contributed by atoms with Gasteiger partial charge in [-0.1, -0.05) is 11.6 Å². The van der Waals surface area contributed by atoms with Crippen molar-refractivity contribution in [3.8, 4) is 17.2 Å². The highest BCUT2D eigenvalue weighted by Gasteiger charge is 2.15. The number of carboxylic acid groups (broad SMARTS) is 1. The first kappa shape index (κ1) is 12.1. The van der Waals surface area contributed by atoms with Crippen molar-refractivity contribution in [2.45, 2.75) is 13.3 Å². The molecule has 2 rings (SSSR count). The molecule has 18 heavy (non-hydrogen) atoms. The molecule has 0 spiro atoms. The van der Waals surface area contributed by atoms with Crippen molar-refractivity contribution < 1.29 is 19.1 Å². The third kappa shape index (κ3) is 2.48. The molecule has 0 atom stereocenters. The van der Waals surface area contributed by atoms with Gasteiger partial charge in [0.1, 0.15) is 12.2 Å². The maximum atomic E-state index is 10.5. The Balaban J connectivity index is 2.38. The van der Waals surface area contributed by atoms with Crippen LogP contribution in [0.3, 0.4) is 0 Å². The van der Waals surface area contributed by atoms with Crippen LogP contribution in [-0.2, 0) is 11.2 Å². The van der Waals surface area contributed by atoms with Crippen LogP contribution in [0.2, 0.25) is 0 Å². The van der Waals surface area contributed by atoms with Gasteiger partial charge >= 0.3 is 5.97 Å². The van der Waals surface area contributed by atoms with Crippen molar-refractivity contribution in [3.05, 3.63) is 29.7 Å². The molecule has 0 unspecified atom stereocenters. The summed E-state index contributed by atoms with van der Waals surface area (Å²) < 4.78 is 10.5. The molecule has 0 fully saturated rings. The second kappa shape index (κ2) is 4.87. The van der Waals surface area contributed by atoms with Gasteiger partial charge in [0, 0.05) is 0 Å². The predicted octanol–water partition coefficient (Wildman–Crippen LogP) is 1.68. The number of aliphatic carboxylic acids is 1. The minimum absolute atomic E-state index is 0.0704. The Morgan fingerprint density at radius 2 is 2.22 bits per heavy atom. The van der Waals surface area contributed by atoms with Crippen LogP contribution in [0.25, 0.3) is 11.5 Å². The van der Waals surface area contributed by atoms with E-state index in [0.29, 0.717) is 11.3 Å². The molecule has 1 aromatic carbocycles. The summed E-state index contributed by atoms with van der Waals surface area (Å²) in [4.78, 5) is 10.5. The fraction of sp³-hybridized carbons (Fsp3) is 0.250. The molecule has 0 amide bonds. The number of ether oxygens (including phenoxy) is 1. The van der Waals surface area contributed by atoms with Gasteiger partial charge in [-0.25, -0.2) is 0 Å². The van der Waals surface area contributed by atoms with Crippen LogP contribution in [0.1, 0.15) is 11.5 Å². The summed E-state index contributed by atoms with van der Waals surface area (Å²) in [6.07, 6.45) is -0.291. The summed E-state index contributed by atoms with van der Waals surface area (Å²) in [5.74, 6) is -0.0830. The van der Waals surface area contributed by atoms with Gasteiger partial charge in [-0.15, -0.1) is 10.2 Å². The number of hydrogen-bond acceptors (Lipinski definition) is 5. The Morgan fingerprint density at radius 1 is 1.44 bits per heavy atom. The summed E-state index contributed by atoms with van der Waals surface area (Å²) >= 11 is 0. The van der Waals surface area contributed by atoms with Crippen molar-refractivity contribution in [2.75, 3.05) is 7.11 Å². The van der Waals surface area contributed by atoms with Crippen LogP contribution in [0.5, 0.6) is 5.75 Å². The zero-order chi connectivity index (χ0) is 13.1. The molecular formula is C12H12N2O4. The molecule has 6 nitrogen and oxygen atoms in total. The third-order valence-electron chi connectivity index (χ3n) is 2.35. The quantitative estimate of drug-likeness (QED) is 0.885. The van der Waals surface area contributed by atoms with Crippen molar-refractivity contribution in [1.29, 1.82) is 0 Å². The number of benzene rings is 1. The van der Waals surface area contributed by atoms with Crippen molar-refractivity contribution in [1.82, 2.24) is 10.2 Å².